The number of piperidine rings is 2. The Balaban J connectivity index is 0.000000835. The fraction of sp³-hybridized carbons (Fsp3) is 0.694. The average molecular weight is 963 g/mol. The first-order valence-electron chi connectivity index (χ1n) is 23.0. The topological polar surface area (TPSA) is 253 Å². The number of nitrogens with one attached hydrogen (secondary N) is 5. The number of hydrogen-bond acceptors (Lipinski definition) is 16. The molecule has 2 aromatic heterocycles. The summed E-state index contributed by atoms with van der Waals surface area (Å²) in [5.74, 6) is 1.22. The van der Waals surface area contributed by atoms with Gasteiger partial charge in [-0.3, -0.25) is 15.3 Å². The van der Waals surface area contributed by atoms with Crippen LogP contribution in [0.5, 0.6) is 0 Å². The number of carbonyl (C=O) groups is 5. The largest absolute Gasteiger partial charge is 0.519 e. The minimum atomic E-state index is -1.06. The third kappa shape index (κ3) is 37.6. The van der Waals surface area contributed by atoms with Crippen molar-refractivity contribution in [3.05, 3.63) is 48.0 Å². The molecule has 388 valence electrons. The van der Waals surface area contributed by atoms with E-state index in [4.69, 9.17) is 29.4 Å². The van der Waals surface area contributed by atoms with E-state index in [0.717, 1.165) is 55.8 Å². The first kappa shape index (κ1) is 62.6. The van der Waals surface area contributed by atoms with Crippen molar-refractivity contribution in [3.63, 3.8) is 0 Å². The van der Waals surface area contributed by atoms with Gasteiger partial charge in [0.05, 0.1) is 17.6 Å². The smallest absolute Gasteiger partial charge is 0.444 e. The number of aryl methyl sites for hydroxylation is 2. The van der Waals surface area contributed by atoms with Gasteiger partial charge in [0.2, 0.25) is 0 Å². The SMILES string of the molecule is CC(C)(C)OC(=O)OC(=O)OC(C)(C)C.CC1CNCC(NC(=O)OC(C)(C)C)C1.C[C@@H]1CNC[C@H](NC(=O)OC(C)(C)C)C1.Cc1cncc(N)c1.Cc1cncc(NC(=O)OC(C)(C)C)c1. The zero-order valence-electron chi connectivity index (χ0n) is 44.5. The quantitative estimate of drug-likeness (QED) is 0.0951. The first-order valence-corrected chi connectivity index (χ1v) is 23.0. The number of hydrogen-bond donors (Lipinski definition) is 6. The van der Waals surface area contributed by atoms with Crippen molar-refractivity contribution in [2.24, 2.45) is 11.8 Å². The van der Waals surface area contributed by atoms with Crippen LogP contribution in [0.4, 0.5) is 35.3 Å². The molecular formula is C49H86N8O11. The van der Waals surface area contributed by atoms with Gasteiger partial charge in [-0.15, -0.1) is 0 Å². The molecule has 2 aliphatic heterocycles. The second-order valence-corrected chi connectivity index (χ2v) is 21.9. The summed E-state index contributed by atoms with van der Waals surface area (Å²) in [6.45, 7) is 38.7. The lowest BCUT2D eigenvalue weighted by Crippen LogP contribution is -2.49. The average Bonchev–Trinajstić information content (AvgIpc) is 3.08. The zero-order chi connectivity index (χ0) is 52.7. The molecule has 2 fully saturated rings. The minimum Gasteiger partial charge on any atom is -0.444 e. The van der Waals surface area contributed by atoms with Gasteiger partial charge in [0.25, 0.3) is 0 Å². The van der Waals surface area contributed by atoms with Crippen molar-refractivity contribution in [2.45, 2.75) is 184 Å². The van der Waals surface area contributed by atoms with E-state index in [0.29, 0.717) is 17.5 Å². The van der Waals surface area contributed by atoms with E-state index in [1.165, 1.54) is 0 Å². The zero-order valence-corrected chi connectivity index (χ0v) is 44.5. The standard InChI is InChI=1S/2C11H22N2O2.C11H16N2O2.C10H18O5.C6H8N2/c3*1-8-5-9(7-12-6-8)13-10(14)15-11(2,3)4;1-9(2,3)14-7(11)13-8(12)15-10(4,5)6;1-5-2-6(7)4-8-3-5/h2*8-9,12H,5-7H2,1-4H3,(H,13,14);5-7H,1-4H3,(H,13,14);1-6H3;2-4H,7H2,1H3/t8-,9+;;;;/m0..../s1. The van der Waals surface area contributed by atoms with Crippen LogP contribution < -0.4 is 32.3 Å². The van der Waals surface area contributed by atoms with Crippen LogP contribution in [0.1, 0.15) is 142 Å². The summed E-state index contributed by atoms with van der Waals surface area (Å²) in [5, 5.41) is 14.9. The van der Waals surface area contributed by atoms with E-state index in [9.17, 15) is 24.0 Å². The summed E-state index contributed by atoms with van der Waals surface area (Å²) in [6, 6.07) is 4.11. The molecule has 2 aliphatic rings. The summed E-state index contributed by atoms with van der Waals surface area (Å²) < 4.78 is 29.3. The van der Waals surface area contributed by atoms with Gasteiger partial charge in [0.15, 0.2) is 0 Å². The van der Waals surface area contributed by atoms with Gasteiger partial charge in [0.1, 0.15) is 28.0 Å². The van der Waals surface area contributed by atoms with Crippen LogP contribution in [0.25, 0.3) is 0 Å². The predicted molar refractivity (Wildman–Crippen MR) is 265 cm³/mol. The van der Waals surface area contributed by atoms with Gasteiger partial charge >= 0.3 is 30.6 Å². The van der Waals surface area contributed by atoms with Crippen LogP contribution >= 0.6 is 0 Å². The Morgan fingerprint density at radius 2 is 0.882 bits per heavy atom. The van der Waals surface area contributed by atoms with Crippen LogP contribution in [0.15, 0.2) is 36.9 Å². The summed E-state index contributed by atoms with van der Waals surface area (Å²) >= 11 is 0. The van der Waals surface area contributed by atoms with Crippen LogP contribution in [0.3, 0.4) is 0 Å². The molecule has 19 heteroatoms. The van der Waals surface area contributed by atoms with Gasteiger partial charge < -0.3 is 55.4 Å². The van der Waals surface area contributed by atoms with E-state index >= 15 is 0 Å². The summed E-state index contributed by atoms with van der Waals surface area (Å²) in [6.07, 6.45) is 5.54. The maximum Gasteiger partial charge on any atom is 0.519 e. The van der Waals surface area contributed by atoms with Gasteiger partial charge in [-0.25, -0.2) is 24.0 Å². The predicted octanol–water partition coefficient (Wildman–Crippen LogP) is 9.60. The highest BCUT2D eigenvalue weighted by molar-refractivity contribution is 5.84. The molecule has 7 N–H and O–H groups in total. The highest BCUT2D eigenvalue weighted by Crippen LogP contribution is 2.15. The van der Waals surface area contributed by atoms with E-state index in [-0.39, 0.29) is 24.3 Å². The fourth-order valence-corrected chi connectivity index (χ4v) is 5.71. The number of ether oxygens (including phenoxy) is 6. The van der Waals surface area contributed by atoms with E-state index in [1.54, 1.807) is 66.3 Å². The second kappa shape index (κ2) is 28.8. The lowest BCUT2D eigenvalue weighted by molar-refractivity contribution is -0.0294. The maximum absolute atomic E-state index is 11.5. The third-order valence-electron chi connectivity index (χ3n) is 7.94. The number of nitrogens with two attached hydrogens (primary N) is 1. The molecule has 4 atom stereocenters. The van der Waals surface area contributed by atoms with Gasteiger partial charge in [-0.2, -0.15) is 0 Å². The van der Waals surface area contributed by atoms with E-state index < -0.39 is 46.4 Å². The van der Waals surface area contributed by atoms with E-state index in [2.05, 4.69) is 55.1 Å². The minimum absolute atomic E-state index is 0.198. The normalized spacial score (nSPS) is 18.1. The van der Waals surface area contributed by atoms with Crippen molar-refractivity contribution < 1.29 is 52.4 Å². The number of amides is 3. The number of aromatic nitrogens is 2. The molecule has 2 unspecified atom stereocenters. The molecule has 0 bridgehead atoms. The molecule has 0 aromatic carbocycles. The maximum atomic E-state index is 11.5. The Bertz CT molecular complexity index is 1750. The van der Waals surface area contributed by atoms with Crippen LogP contribution in [0.2, 0.25) is 0 Å². The van der Waals surface area contributed by atoms with Gasteiger partial charge in [-0.05, 0) is 179 Å². The highest BCUT2D eigenvalue weighted by Gasteiger charge is 2.26. The van der Waals surface area contributed by atoms with Crippen LogP contribution in [-0.4, -0.2) is 107 Å². The van der Waals surface area contributed by atoms with Crippen molar-refractivity contribution in [1.29, 1.82) is 0 Å². The third-order valence-corrected chi connectivity index (χ3v) is 7.94. The number of rotatable bonds is 3. The number of pyridine rings is 2. The van der Waals surface area contributed by atoms with Gasteiger partial charge in [-0.1, -0.05) is 13.8 Å². The number of alkyl carbamates (subject to hydrolysis) is 2. The Labute approximate surface area is 406 Å². The number of nitrogen functional groups attached to an aromatic ring is 1. The molecule has 2 saturated heterocycles. The van der Waals surface area contributed by atoms with Crippen molar-refractivity contribution in [2.75, 3.05) is 37.2 Å². The molecule has 68 heavy (non-hydrogen) atoms. The summed E-state index contributed by atoms with van der Waals surface area (Å²) in [7, 11) is 0. The molecule has 0 aliphatic carbocycles. The molecule has 4 rings (SSSR count). The fourth-order valence-electron chi connectivity index (χ4n) is 5.71. The summed E-state index contributed by atoms with van der Waals surface area (Å²) in [5.41, 5.74) is 6.14. The molecule has 0 radical (unpaired) electrons. The van der Waals surface area contributed by atoms with Crippen LogP contribution in [-0.2, 0) is 28.4 Å². The van der Waals surface area contributed by atoms with Crippen molar-refractivity contribution in [3.8, 4) is 0 Å². The molecular weight excluding hydrogens is 877 g/mol. The number of anilines is 2. The molecule has 0 saturated carbocycles. The highest BCUT2D eigenvalue weighted by atomic mass is 16.8. The Kier molecular flexibility index (Phi) is 26.5. The Morgan fingerprint density at radius 1 is 0.529 bits per heavy atom. The van der Waals surface area contributed by atoms with Crippen LogP contribution in [0, 0.1) is 25.7 Å². The lowest BCUT2D eigenvalue weighted by Gasteiger charge is -2.29. The molecule has 2 aromatic rings. The second-order valence-electron chi connectivity index (χ2n) is 21.9. The Morgan fingerprint density at radius 3 is 1.19 bits per heavy atom. The Hall–Kier alpha value is -5.43. The van der Waals surface area contributed by atoms with Gasteiger partial charge in [0, 0.05) is 43.8 Å². The lowest BCUT2D eigenvalue weighted by atomic mass is 9.98. The first-order chi connectivity index (χ1) is 30.9. The van der Waals surface area contributed by atoms with Crippen molar-refractivity contribution in [1.82, 2.24) is 31.2 Å². The molecule has 4 heterocycles. The summed E-state index contributed by atoms with van der Waals surface area (Å²) in [4.78, 5) is 64.2. The monoisotopic (exact) mass is 963 g/mol. The molecule has 19 nitrogen and oxygen atoms in total. The van der Waals surface area contributed by atoms with E-state index in [1.807, 2.05) is 88.3 Å². The number of nitrogens with zero attached hydrogens (tertiary/aromatic N) is 2. The molecule has 3 amide bonds. The number of carbonyl (C=O) groups excluding carboxylic acids is 5. The van der Waals surface area contributed by atoms with Crippen molar-refractivity contribution >= 4 is 42.0 Å². The molecule has 0 spiro atoms.